The average Bonchev–Trinajstić information content (AvgIpc) is 2.47. The molecule has 1 aromatic carbocycles. The molecule has 0 unspecified atom stereocenters. The molecule has 0 saturated heterocycles. The van der Waals surface area contributed by atoms with Gasteiger partial charge in [-0.3, -0.25) is 9.78 Å². The third-order valence-corrected chi connectivity index (χ3v) is 3.02. The highest BCUT2D eigenvalue weighted by Crippen LogP contribution is 2.19. The van der Waals surface area contributed by atoms with Crippen LogP contribution in [0.1, 0.15) is 11.5 Å². The Labute approximate surface area is 120 Å². The van der Waals surface area contributed by atoms with E-state index in [0.29, 0.717) is 11.8 Å². The van der Waals surface area contributed by atoms with Gasteiger partial charge in [0.2, 0.25) is 0 Å². The molecule has 0 radical (unpaired) electrons. The molecule has 0 fully saturated rings. The summed E-state index contributed by atoms with van der Waals surface area (Å²) < 4.78 is 52.7. The summed E-state index contributed by atoms with van der Waals surface area (Å²) in [7, 11) is 0. The van der Waals surface area contributed by atoms with Gasteiger partial charge in [0.15, 0.2) is 17.5 Å². The lowest BCUT2D eigenvalue weighted by Crippen LogP contribution is -2.15. The van der Waals surface area contributed by atoms with Crippen molar-refractivity contribution in [3.05, 3.63) is 69.5 Å². The molecule has 112 valence electrons. The number of H-pyrrole nitrogens is 1. The minimum absolute atomic E-state index is 0.0199. The topological polar surface area (TPSA) is 58.6 Å². The van der Waals surface area contributed by atoms with E-state index in [1.54, 1.807) is 0 Å². The van der Waals surface area contributed by atoms with E-state index in [4.69, 9.17) is 0 Å². The number of aromatic nitrogens is 3. The van der Waals surface area contributed by atoms with Crippen LogP contribution in [-0.4, -0.2) is 15.0 Å². The van der Waals surface area contributed by atoms with Gasteiger partial charge in [-0.25, -0.2) is 22.5 Å². The van der Waals surface area contributed by atoms with Gasteiger partial charge in [-0.2, -0.15) is 0 Å². The maximum Gasteiger partial charge on any atom is 0.261 e. The maximum atomic E-state index is 13.6. The molecule has 0 spiro atoms. The van der Waals surface area contributed by atoms with E-state index >= 15 is 0 Å². The zero-order valence-electron chi connectivity index (χ0n) is 10.8. The standard InChI is InChI=1S/C14H7F4N3O/c15-6-1-2-7(19-5-6)3-10-20-9-4-8(16)12(17)13(18)11(9)14(22)21-10/h1-2,4-5H,3H2,(H,20,21,22). The summed E-state index contributed by atoms with van der Waals surface area (Å²) in [6, 6.07) is 3.20. The maximum absolute atomic E-state index is 13.6. The van der Waals surface area contributed by atoms with E-state index in [1.165, 1.54) is 12.1 Å². The fourth-order valence-electron chi connectivity index (χ4n) is 2.02. The second-order valence-corrected chi connectivity index (χ2v) is 4.54. The Bertz CT molecular complexity index is 922. The predicted octanol–water partition coefficient (Wildman–Crippen LogP) is 2.47. The van der Waals surface area contributed by atoms with Crippen molar-refractivity contribution in [1.82, 2.24) is 15.0 Å². The number of nitrogens with one attached hydrogen (secondary N) is 1. The van der Waals surface area contributed by atoms with Crippen LogP contribution >= 0.6 is 0 Å². The van der Waals surface area contributed by atoms with Crippen LogP contribution in [0.3, 0.4) is 0 Å². The molecule has 1 N–H and O–H groups in total. The molecular formula is C14H7F4N3O. The number of nitrogens with zero attached hydrogens (tertiary/aromatic N) is 2. The minimum atomic E-state index is -1.73. The second kappa shape index (κ2) is 5.21. The second-order valence-electron chi connectivity index (χ2n) is 4.54. The third kappa shape index (κ3) is 2.43. The van der Waals surface area contributed by atoms with Crippen LogP contribution in [0.15, 0.2) is 29.2 Å². The molecule has 0 aliphatic heterocycles. The quantitative estimate of drug-likeness (QED) is 0.584. The largest absolute Gasteiger partial charge is 0.310 e. The van der Waals surface area contributed by atoms with E-state index in [1.807, 2.05) is 0 Å². The molecule has 8 heteroatoms. The van der Waals surface area contributed by atoms with Crippen molar-refractivity contribution >= 4 is 10.9 Å². The van der Waals surface area contributed by atoms with Gasteiger partial charge in [0.1, 0.15) is 17.0 Å². The van der Waals surface area contributed by atoms with Gasteiger partial charge in [-0.15, -0.1) is 0 Å². The van der Waals surface area contributed by atoms with Crippen molar-refractivity contribution < 1.29 is 17.6 Å². The summed E-state index contributed by atoms with van der Waals surface area (Å²) in [5, 5.41) is -0.658. The van der Waals surface area contributed by atoms with Crippen LogP contribution in [0.4, 0.5) is 17.6 Å². The summed E-state index contributed by atoms with van der Waals surface area (Å²) >= 11 is 0. The Hall–Kier alpha value is -2.77. The molecule has 0 atom stereocenters. The van der Waals surface area contributed by atoms with E-state index in [9.17, 15) is 22.4 Å². The van der Waals surface area contributed by atoms with Crippen molar-refractivity contribution in [1.29, 1.82) is 0 Å². The Morgan fingerprint density at radius 2 is 1.86 bits per heavy atom. The molecule has 2 aromatic heterocycles. The number of hydrogen-bond donors (Lipinski definition) is 1. The summed E-state index contributed by atoms with van der Waals surface area (Å²) in [6.07, 6.45) is 1.01. The van der Waals surface area contributed by atoms with Gasteiger partial charge >= 0.3 is 0 Å². The van der Waals surface area contributed by atoms with Crippen LogP contribution in [0, 0.1) is 23.3 Å². The molecule has 0 amide bonds. The molecule has 3 rings (SSSR count). The SMILES string of the molecule is O=c1[nH]c(Cc2ccc(F)cn2)nc2cc(F)c(F)c(F)c12. The Balaban J connectivity index is 2.11. The van der Waals surface area contributed by atoms with Gasteiger partial charge in [0.05, 0.1) is 11.7 Å². The molecule has 22 heavy (non-hydrogen) atoms. The first-order valence-corrected chi connectivity index (χ1v) is 6.12. The fourth-order valence-corrected chi connectivity index (χ4v) is 2.02. The summed E-state index contributed by atoms with van der Waals surface area (Å²) in [5.41, 5.74) is -0.845. The van der Waals surface area contributed by atoms with Crippen LogP contribution < -0.4 is 5.56 Å². The monoisotopic (exact) mass is 309 g/mol. The van der Waals surface area contributed by atoms with Crippen LogP contribution in [0.25, 0.3) is 10.9 Å². The summed E-state index contributed by atoms with van der Waals surface area (Å²) in [6.45, 7) is 0. The zero-order valence-corrected chi connectivity index (χ0v) is 10.8. The molecule has 0 aliphatic rings. The van der Waals surface area contributed by atoms with Gasteiger partial charge in [-0.1, -0.05) is 0 Å². The van der Waals surface area contributed by atoms with Crippen molar-refractivity contribution in [3.8, 4) is 0 Å². The smallest absolute Gasteiger partial charge is 0.261 e. The predicted molar refractivity (Wildman–Crippen MR) is 69.2 cm³/mol. The fraction of sp³-hybridized carbons (Fsp3) is 0.0714. The average molecular weight is 309 g/mol. The van der Waals surface area contributed by atoms with Crippen molar-refractivity contribution in [3.63, 3.8) is 0 Å². The molecule has 0 bridgehead atoms. The van der Waals surface area contributed by atoms with E-state index in [2.05, 4.69) is 15.0 Å². The first-order valence-electron chi connectivity index (χ1n) is 6.12. The zero-order chi connectivity index (χ0) is 15.9. The highest BCUT2D eigenvalue weighted by atomic mass is 19.2. The van der Waals surface area contributed by atoms with Crippen LogP contribution in [-0.2, 0) is 6.42 Å². The molecule has 4 nitrogen and oxygen atoms in total. The molecular weight excluding hydrogens is 302 g/mol. The summed E-state index contributed by atoms with van der Waals surface area (Å²) in [5.74, 6) is -5.21. The van der Waals surface area contributed by atoms with Crippen molar-refractivity contribution in [2.24, 2.45) is 0 Å². The number of fused-ring (bicyclic) bond motifs is 1. The Kier molecular flexibility index (Phi) is 3.36. The number of benzene rings is 1. The lowest BCUT2D eigenvalue weighted by atomic mass is 10.2. The van der Waals surface area contributed by atoms with Gasteiger partial charge in [0, 0.05) is 18.2 Å². The third-order valence-electron chi connectivity index (χ3n) is 3.02. The van der Waals surface area contributed by atoms with Crippen molar-refractivity contribution in [2.45, 2.75) is 6.42 Å². The highest BCUT2D eigenvalue weighted by Gasteiger charge is 2.18. The molecule has 2 heterocycles. The van der Waals surface area contributed by atoms with Crippen molar-refractivity contribution in [2.75, 3.05) is 0 Å². The van der Waals surface area contributed by atoms with Gasteiger partial charge in [0.25, 0.3) is 5.56 Å². The lowest BCUT2D eigenvalue weighted by molar-refractivity contribution is 0.453. The van der Waals surface area contributed by atoms with E-state index < -0.39 is 34.2 Å². The minimum Gasteiger partial charge on any atom is -0.310 e. The van der Waals surface area contributed by atoms with E-state index in [-0.39, 0.29) is 17.8 Å². The number of rotatable bonds is 2. The van der Waals surface area contributed by atoms with Crippen LogP contribution in [0.5, 0.6) is 0 Å². The number of aromatic amines is 1. The summed E-state index contributed by atoms with van der Waals surface area (Å²) in [4.78, 5) is 21.8. The molecule has 0 saturated carbocycles. The Morgan fingerprint density at radius 3 is 2.55 bits per heavy atom. The lowest BCUT2D eigenvalue weighted by Gasteiger charge is -2.05. The first kappa shape index (κ1) is 14.2. The first-order chi connectivity index (χ1) is 10.5. The van der Waals surface area contributed by atoms with Gasteiger partial charge < -0.3 is 4.98 Å². The van der Waals surface area contributed by atoms with Crippen LogP contribution in [0.2, 0.25) is 0 Å². The molecule has 0 aliphatic carbocycles. The normalized spacial score (nSPS) is 11.1. The van der Waals surface area contributed by atoms with Gasteiger partial charge in [-0.05, 0) is 12.1 Å². The molecule has 3 aromatic rings. The number of hydrogen-bond acceptors (Lipinski definition) is 3. The number of halogens is 4. The highest BCUT2D eigenvalue weighted by molar-refractivity contribution is 5.78. The number of pyridine rings is 1. The Morgan fingerprint density at radius 1 is 1.09 bits per heavy atom. The van der Waals surface area contributed by atoms with E-state index in [0.717, 1.165) is 6.20 Å².